The van der Waals surface area contributed by atoms with E-state index in [0.29, 0.717) is 18.2 Å². The first-order valence-electron chi connectivity index (χ1n) is 7.64. The van der Waals surface area contributed by atoms with Crippen LogP contribution in [0.5, 0.6) is 0 Å². The van der Waals surface area contributed by atoms with Gasteiger partial charge in [0, 0.05) is 25.8 Å². The lowest BCUT2D eigenvalue weighted by Gasteiger charge is -2.21. The second kappa shape index (κ2) is 8.12. The minimum absolute atomic E-state index is 0.152. The molecule has 1 aromatic carbocycles. The molecule has 2 aromatic rings. The van der Waals surface area contributed by atoms with Gasteiger partial charge in [0.05, 0.1) is 0 Å². The summed E-state index contributed by atoms with van der Waals surface area (Å²) >= 11 is 0. The lowest BCUT2D eigenvalue weighted by molar-refractivity contribution is 0.0948. The van der Waals surface area contributed by atoms with Gasteiger partial charge in [0.25, 0.3) is 5.91 Å². The van der Waals surface area contributed by atoms with Crippen molar-refractivity contribution in [3.63, 3.8) is 0 Å². The highest BCUT2D eigenvalue weighted by Crippen LogP contribution is 2.12. The van der Waals surface area contributed by atoms with Gasteiger partial charge >= 0.3 is 0 Å². The summed E-state index contributed by atoms with van der Waals surface area (Å²) in [4.78, 5) is 22.8. The Morgan fingerprint density at radius 2 is 1.95 bits per heavy atom. The first-order chi connectivity index (χ1) is 10.7. The molecule has 1 aromatic heterocycles. The average Bonchev–Trinajstić information content (AvgIpc) is 2.58. The Bertz CT molecular complexity index is 601. The molecule has 5 heteroatoms. The van der Waals surface area contributed by atoms with E-state index in [1.54, 1.807) is 12.3 Å². The van der Waals surface area contributed by atoms with E-state index in [1.807, 2.05) is 30.0 Å². The van der Waals surface area contributed by atoms with Crippen LogP contribution in [0.3, 0.4) is 0 Å². The zero-order valence-corrected chi connectivity index (χ0v) is 13.1. The van der Waals surface area contributed by atoms with Gasteiger partial charge in [-0.2, -0.15) is 0 Å². The molecule has 0 unspecified atom stereocenters. The molecule has 1 heterocycles. The predicted molar refractivity (Wildman–Crippen MR) is 87.8 cm³/mol. The van der Waals surface area contributed by atoms with Crippen LogP contribution >= 0.6 is 0 Å². The third-order valence-corrected chi connectivity index (χ3v) is 3.29. The van der Waals surface area contributed by atoms with Gasteiger partial charge in [0.2, 0.25) is 5.95 Å². The summed E-state index contributed by atoms with van der Waals surface area (Å²) in [6.07, 6.45) is 2.54. The molecule has 0 atom stereocenters. The maximum atomic E-state index is 12.0. The van der Waals surface area contributed by atoms with E-state index in [-0.39, 0.29) is 5.91 Å². The lowest BCUT2D eigenvalue weighted by atomic mass is 10.2. The van der Waals surface area contributed by atoms with Crippen molar-refractivity contribution in [2.24, 2.45) is 0 Å². The fourth-order valence-electron chi connectivity index (χ4n) is 2.08. The van der Waals surface area contributed by atoms with Crippen molar-refractivity contribution in [3.05, 3.63) is 53.9 Å². The third-order valence-electron chi connectivity index (χ3n) is 3.29. The van der Waals surface area contributed by atoms with Crippen molar-refractivity contribution in [1.82, 2.24) is 15.3 Å². The number of anilines is 1. The minimum atomic E-state index is -0.152. The van der Waals surface area contributed by atoms with Crippen LogP contribution in [0.4, 0.5) is 5.95 Å². The fraction of sp³-hybridized carbons (Fsp3) is 0.353. The maximum absolute atomic E-state index is 12.0. The summed E-state index contributed by atoms with van der Waals surface area (Å²) < 4.78 is 0. The van der Waals surface area contributed by atoms with E-state index in [2.05, 4.69) is 34.3 Å². The molecule has 0 bridgehead atoms. The standard InChI is InChI=1S/C17H22N4O/c1-3-11-18-16(22)15-10-12-19-17(20-15)21(4-2)13-14-8-6-5-7-9-14/h5-10,12H,3-4,11,13H2,1-2H3,(H,18,22). The molecule has 1 N–H and O–H groups in total. The number of hydrogen-bond donors (Lipinski definition) is 1. The zero-order chi connectivity index (χ0) is 15.8. The molecule has 0 fully saturated rings. The summed E-state index contributed by atoms with van der Waals surface area (Å²) in [6.45, 7) is 6.21. The molecule has 22 heavy (non-hydrogen) atoms. The van der Waals surface area contributed by atoms with Crippen LogP contribution in [0.2, 0.25) is 0 Å². The van der Waals surface area contributed by atoms with E-state index < -0.39 is 0 Å². The Kier molecular flexibility index (Phi) is 5.89. The molecule has 0 aliphatic heterocycles. The molecule has 0 spiro atoms. The molecule has 0 saturated heterocycles. The van der Waals surface area contributed by atoms with Gasteiger partial charge in [-0.25, -0.2) is 9.97 Å². The number of rotatable bonds is 7. The van der Waals surface area contributed by atoms with Crippen LogP contribution in [0.15, 0.2) is 42.6 Å². The van der Waals surface area contributed by atoms with E-state index in [1.165, 1.54) is 5.56 Å². The van der Waals surface area contributed by atoms with Gasteiger partial charge in [-0.05, 0) is 25.0 Å². The maximum Gasteiger partial charge on any atom is 0.270 e. The SMILES string of the molecule is CCCNC(=O)c1ccnc(N(CC)Cc2ccccc2)n1. The highest BCUT2D eigenvalue weighted by atomic mass is 16.1. The van der Waals surface area contributed by atoms with Gasteiger partial charge in [-0.1, -0.05) is 37.3 Å². The normalized spacial score (nSPS) is 10.3. The first-order valence-corrected chi connectivity index (χ1v) is 7.64. The molecule has 116 valence electrons. The molecular weight excluding hydrogens is 276 g/mol. The fourth-order valence-corrected chi connectivity index (χ4v) is 2.08. The van der Waals surface area contributed by atoms with Gasteiger partial charge in [0.15, 0.2) is 0 Å². The molecule has 0 aliphatic carbocycles. The summed E-state index contributed by atoms with van der Waals surface area (Å²) in [6, 6.07) is 11.8. The van der Waals surface area contributed by atoms with E-state index >= 15 is 0 Å². The van der Waals surface area contributed by atoms with Crippen LogP contribution < -0.4 is 10.2 Å². The quantitative estimate of drug-likeness (QED) is 0.853. The molecule has 5 nitrogen and oxygen atoms in total. The Labute approximate surface area is 131 Å². The van der Waals surface area contributed by atoms with Crippen molar-refractivity contribution in [1.29, 1.82) is 0 Å². The number of carbonyl (C=O) groups excluding carboxylic acids is 1. The van der Waals surface area contributed by atoms with Crippen LogP contribution in [0, 0.1) is 0 Å². The van der Waals surface area contributed by atoms with Crippen molar-refractivity contribution in [2.45, 2.75) is 26.8 Å². The van der Waals surface area contributed by atoms with Crippen LogP contribution in [0.25, 0.3) is 0 Å². The molecule has 2 rings (SSSR count). The number of benzene rings is 1. The van der Waals surface area contributed by atoms with Crippen molar-refractivity contribution in [2.75, 3.05) is 18.0 Å². The van der Waals surface area contributed by atoms with Gasteiger partial charge in [-0.15, -0.1) is 0 Å². The molecular formula is C17H22N4O. The molecule has 0 radical (unpaired) electrons. The topological polar surface area (TPSA) is 58.1 Å². The monoisotopic (exact) mass is 298 g/mol. The minimum Gasteiger partial charge on any atom is -0.351 e. The van der Waals surface area contributed by atoms with Crippen LogP contribution in [-0.4, -0.2) is 29.0 Å². The Hall–Kier alpha value is -2.43. The van der Waals surface area contributed by atoms with Crippen molar-refractivity contribution in [3.8, 4) is 0 Å². The highest BCUT2D eigenvalue weighted by Gasteiger charge is 2.12. The predicted octanol–water partition coefficient (Wildman–Crippen LogP) is 2.64. The second-order valence-corrected chi connectivity index (χ2v) is 5.00. The first kappa shape index (κ1) is 15.9. The zero-order valence-electron chi connectivity index (χ0n) is 13.1. The van der Waals surface area contributed by atoms with Gasteiger partial charge in [0.1, 0.15) is 5.69 Å². The summed E-state index contributed by atoms with van der Waals surface area (Å²) in [5.41, 5.74) is 1.60. The van der Waals surface area contributed by atoms with Crippen molar-refractivity contribution >= 4 is 11.9 Å². The Morgan fingerprint density at radius 1 is 1.18 bits per heavy atom. The van der Waals surface area contributed by atoms with Gasteiger partial charge < -0.3 is 10.2 Å². The Balaban J connectivity index is 2.14. The Morgan fingerprint density at radius 3 is 2.64 bits per heavy atom. The average molecular weight is 298 g/mol. The number of hydrogen-bond acceptors (Lipinski definition) is 4. The molecule has 1 amide bonds. The van der Waals surface area contributed by atoms with Gasteiger partial charge in [-0.3, -0.25) is 4.79 Å². The third kappa shape index (κ3) is 4.28. The number of nitrogens with one attached hydrogen (secondary N) is 1. The number of nitrogens with zero attached hydrogens (tertiary/aromatic N) is 3. The number of aromatic nitrogens is 2. The summed E-state index contributed by atoms with van der Waals surface area (Å²) in [5.74, 6) is 0.428. The van der Waals surface area contributed by atoms with Crippen molar-refractivity contribution < 1.29 is 4.79 Å². The lowest BCUT2D eigenvalue weighted by Crippen LogP contribution is -2.28. The van der Waals surface area contributed by atoms with Crippen LogP contribution in [-0.2, 0) is 6.54 Å². The highest BCUT2D eigenvalue weighted by molar-refractivity contribution is 5.92. The number of carbonyl (C=O) groups is 1. The largest absolute Gasteiger partial charge is 0.351 e. The van der Waals surface area contributed by atoms with E-state index in [4.69, 9.17) is 0 Å². The van der Waals surface area contributed by atoms with E-state index in [0.717, 1.165) is 19.5 Å². The number of amides is 1. The second-order valence-electron chi connectivity index (χ2n) is 5.00. The van der Waals surface area contributed by atoms with Crippen LogP contribution in [0.1, 0.15) is 36.3 Å². The van der Waals surface area contributed by atoms with E-state index in [9.17, 15) is 4.79 Å². The summed E-state index contributed by atoms with van der Waals surface area (Å²) in [5, 5.41) is 2.83. The molecule has 0 aliphatic rings. The smallest absolute Gasteiger partial charge is 0.270 e. The summed E-state index contributed by atoms with van der Waals surface area (Å²) in [7, 11) is 0. The molecule has 0 saturated carbocycles.